The highest BCUT2D eigenvalue weighted by Crippen LogP contribution is 2.49. The van der Waals surface area contributed by atoms with Crippen molar-refractivity contribution in [2.45, 2.75) is 18.4 Å². The minimum absolute atomic E-state index is 0.0542. The van der Waals surface area contributed by atoms with E-state index in [2.05, 4.69) is 15.9 Å². The number of aliphatic hydroxyl groups is 1. The molecule has 1 nitrogen and oxygen atoms in total. The quantitative estimate of drug-likeness (QED) is 0.773. The summed E-state index contributed by atoms with van der Waals surface area (Å²) in [5.41, 5.74) is -0.701. The summed E-state index contributed by atoms with van der Waals surface area (Å²) in [7, 11) is 0. The average Bonchev–Trinajstić information content (AvgIpc) is 2.78. The molecule has 0 unspecified atom stereocenters. The van der Waals surface area contributed by atoms with E-state index in [-0.39, 0.29) is 5.02 Å². The summed E-state index contributed by atoms with van der Waals surface area (Å²) >= 11 is 8.81. The van der Waals surface area contributed by atoms with Crippen molar-refractivity contribution in [3.8, 4) is 0 Å². The lowest BCUT2D eigenvalue weighted by molar-refractivity contribution is 0.146. The maximum absolute atomic E-state index is 13.5. The Morgan fingerprint density at radius 3 is 2.62 bits per heavy atom. The van der Waals surface area contributed by atoms with E-state index in [9.17, 15) is 9.50 Å². The second kappa shape index (κ2) is 2.94. The van der Waals surface area contributed by atoms with E-state index in [1.165, 1.54) is 6.07 Å². The minimum atomic E-state index is -0.992. The molecule has 2 rings (SSSR count). The Bertz CT molecular complexity index is 363. The number of hydrogen-bond donors (Lipinski definition) is 1. The Labute approximate surface area is 88.7 Å². The van der Waals surface area contributed by atoms with Crippen LogP contribution in [0.5, 0.6) is 0 Å². The van der Waals surface area contributed by atoms with Crippen molar-refractivity contribution in [3.63, 3.8) is 0 Å². The third-order valence-electron chi connectivity index (χ3n) is 2.23. The van der Waals surface area contributed by atoms with Gasteiger partial charge in [-0.3, -0.25) is 0 Å². The lowest BCUT2D eigenvalue weighted by atomic mass is 10.1. The van der Waals surface area contributed by atoms with Crippen molar-refractivity contribution >= 4 is 27.5 Å². The first-order valence-corrected chi connectivity index (χ1v) is 5.08. The molecule has 0 spiro atoms. The molecule has 1 aliphatic carbocycles. The van der Waals surface area contributed by atoms with Crippen LogP contribution in [0.15, 0.2) is 16.6 Å². The van der Waals surface area contributed by atoms with E-state index in [1.54, 1.807) is 6.07 Å². The van der Waals surface area contributed by atoms with Crippen LogP contribution in [0.2, 0.25) is 5.02 Å². The number of halogens is 3. The van der Waals surface area contributed by atoms with Crippen LogP contribution < -0.4 is 0 Å². The van der Waals surface area contributed by atoms with E-state index in [0.29, 0.717) is 22.9 Å². The topological polar surface area (TPSA) is 20.2 Å². The van der Waals surface area contributed by atoms with Gasteiger partial charge in [-0.15, -0.1) is 0 Å². The van der Waals surface area contributed by atoms with Gasteiger partial charge in [0.1, 0.15) is 5.82 Å². The summed E-state index contributed by atoms with van der Waals surface area (Å²) in [5.74, 6) is -0.518. The number of rotatable bonds is 1. The Morgan fingerprint density at radius 2 is 2.08 bits per heavy atom. The zero-order valence-corrected chi connectivity index (χ0v) is 8.99. The predicted octanol–water partition coefficient (Wildman–Crippen LogP) is 3.22. The number of hydrogen-bond acceptors (Lipinski definition) is 1. The van der Waals surface area contributed by atoms with Crippen LogP contribution in [0.25, 0.3) is 0 Å². The van der Waals surface area contributed by atoms with Gasteiger partial charge in [-0.2, -0.15) is 0 Å². The van der Waals surface area contributed by atoms with Gasteiger partial charge < -0.3 is 5.11 Å². The van der Waals surface area contributed by atoms with Gasteiger partial charge in [0.2, 0.25) is 0 Å². The van der Waals surface area contributed by atoms with Gasteiger partial charge in [0.15, 0.2) is 0 Å². The number of benzene rings is 1. The fourth-order valence-electron chi connectivity index (χ4n) is 1.32. The fraction of sp³-hybridized carbons (Fsp3) is 0.333. The summed E-state index contributed by atoms with van der Waals surface area (Å²) in [5, 5.41) is 9.81. The Kier molecular flexibility index (Phi) is 2.13. The summed E-state index contributed by atoms with van der Waals surface area (Å²) in [6, 6.07) is 3.12. The van der Waals surface area contributed by atoms with E-state index < -0.39 is 11.4 Å². The molecule has 0 aliphatic heterocycles. The molecule has 0 bridgehead atoms. The van der Waals surface area contributed by atoms with Gasteiger partial charge in [-0.05, 0) is 25.0 Å². The zero-order valence-electron chi connectivity index (χ0n) is 6.65. The van der Waals surface area contributed by atoms with Crippen molar-refractivity contribution in [1.82, 2.24) is 0 Å². The Morgan fingerprint density at radius 1 is 1.46 bits per heavy atom. The summed E-state index contributed by atoms with van der Waals surface area (Å²) in [4.78, 5) is 0. The molecule has 0 heterocycles. The summed E-state index contributed by atoms with van der Waals surface area (Å²) in [6.07, 6.45) is 1.20. The third kappa shape index (κ3) is 1.49. The Hall–Kier alpha value is -0.120. The van der Waals surface area contributed by atoms with Crippen LogP contribution >= 0.6 is 27.5 Å². The SMILES string of the molecule is OC1(c2c(Br)ccc(Cl)c2F)CC1. The molecule has 0 amide bonds. The lowest BCUT2D eigenvalue weighted by Gasteiger charge is -2.12. The van der Waals surface area contributed by atoms with Crippen LogP contribution in [-0.2, 0) is 5.60 Å². The normalized spacial score (nSPS) is 18.8. The molecular weight excluding hydrogens is 258 g/mol. The van der Waals surface area contributed by atoms with E-state index in [1.807, 2.05) is 0 Å². The fourth-order valence-corrected chi connectivity index (χ4v) is 2.15. The standard InChI is InChI=1S/C9H7BrClFO/c10-5-1-2-6(11)8(12)7(5)9(13)3-4-9/h1-2,13H,3-4H2. The molecule has 70 valence electrons. The van der Waals surface area contributed by atoms with Crippen molar-refractivity contribution in [3.05, 3.63) is 33.0 Å². The summed E-state index contributed by atoms with van der Waals surface area (Å²) < 4.78 is 14.1. The van der Waals surface area contributed by atoms with Gasteiger partial charge >= 0.3 is 0 Å². The van der Waals surface area contributed by atoms with Crippen molar-refractivity contribution in [2.75, 3.05) is 0 Å². The van der Waals surface area contributed by atoms with Crippen LogP contribution in [0.3, 0.4) is 0 Å². The largest absolute Gasteiger partial charge is 0.385 e. The van der Waals surface area contributed by atoms with Gasteiger partial charge in [0.25, 0.3) is 0 Å². The highest BCUT2D eigenvalue weighted by Gasteiger charge is 2.45. The third-order valence-corrected chi connectivity index (χ3v) is 3.19. The molecule has 1 fully saturated rings. The highest BCUT2D eigenvalue weighted by atomic mass is 79.9. The molecule has 0 radical (unpaired) electrons. The van der Waals surface area contributed by atoms with Gasteiger partial charge in [-0.25, -0.2) is 4.39 Å². The zero-order chi connectivity index (χ0) is 9.64. The van der Waals surface area contributed by atoms with E-state index in [0.717, 1.165) is 0 Å². The monoisotopic (exact) mass is 264 g/mol. The van der Waals surface area contributed by atoms with Gasteiger partial charge in [-0.1, -0.05) is 27.5 Å². The molecule has 1 aromatic carbocycles. The molecular formula is C9H7BrClFO. The van der Waals surface area contributed by atoms with Gasteiger partial charge in [0.05, 0.1) is 10.6 Å². The van der Waals surface area contributed by atoms with Gasteiger partial charge in [0, 0.05) is 10.0 Å². The lowest BCUT2D eigenvalue weighted by Crippen LogP contribution is -2.08. The van der Waals surface area contributed by atoms with Crippen LogP contribution in [0, 0.1) is 5.82 Å². The van der Waals surface area contributed by atoms with E-state index in [4.69, 9.17) is 11.6 Å². The van der Waals surface area contributed by atoms with Crippen LogP contribution in [-0.4, -0.2) is 5.11 Å². The molecule has 13 heavy (non-hydrogen) atoms. The molecule has 1 saturated carbocycles. The maximum Gasteiger partial charge on any atom is 0.148 e. The second-order valence-corrected chi connectivity index (χ2v) is 4.51. The average molecular weight is 266 g/mol. The maximum atomic E-state index is 13.5. The Balaban J connectivity index is 2.61. The van der Waals surface area contributed by atoms with Crippen molar-refractivity contribution in [2.24, 2.45) is 0 Å². The molecule has 1 aliphatic rings. The molecule has 0 atom stereocenters. The molecule has 1 N–H and O–H groups in total. The van der Waals surface area contributed by atoms with Crippen LogP contribution in [0.1, 0.15) is 18.4 Å². The van der Waals surface area contributed by atoms with Crippen LogP contribution in [0.4, 0.5) is 4.39 Å². The smallest absolute Gasteiger partial charge is 0.148 e. The summed E-state index contributed by atoms with van der Waals surface area (Å²) in [6.45, 7) is 0. The van der Waals surface area contributed by atoms with E-state index >= 15 is 0 Å². The second-order valence-electron chi connectivity index (χ2n) is 3.25. The van der Waals surface area contributed by atoms with Crippen molar-refractivity contribution < 1.29 is 9.50 Å². The minimum Gasteiger partial charge on any atom is -0.385 e. The predicted molar refractivity (Wildman–Crippen MR) is 52.2 cm³/mol. The first kappa shape index (κ1) is 9.44. The first-order valence-electron chi connectivity index (χ1n) is 3.91. The molecule has 0 aromatic heterocycles. The van der Waals surface area contributed by atoms with Crippen molar-refractivity contribution in [1.29, 1.82) is 0 Å². The molecule has 0 saturated heterocycles. The first-order chi connectivity index (χ1) is 6.04. The molecule has 4 heteroatoms. The highest BCUT2D eigenvalue weighted by molar-refractivity contribution is 9.10. The molecule has 1 aromatic rings.